The van der Waals surface area contributed by atoms with Gasteiger partial charge in [-0.1, -0.05) is 18.2 Å². The molecule has 0 bridgehead atoms. The van der Waals surface area contributed by atoms with E-state index in [-0.39, 0.29) is 30.5 Å². The highest BCUT2D eigenvalue weighted by atomic mass is 19.4. The zero-order chi connectivity index (χ0) is 21.0. The molecule has 0 saturated carbocycles. The van der Waals surface area contributed by atoms with E-state index >= 15 is 0 Å². The first-order valence-corrected chi connectivity index (χ1v) is 9.26. The molecule has 2 heterocycles. The van der Waals surface area contributed by atoms with E-state index in [9.17, 15) is 22.8 Å². The zero-order valence-corrected chi connectivity index (χ0v) is 16.0. The predicted octanol–water partition coefficient (Wildman–Crippen LogP) is 3.46. The first kappa shape index (κ1) is 20.9. The van der Waals surface area contributed by atoms with Gasteiger partial charge in [-0.25, -0.2) is 0 Å². The molecule has 9 heteroatoms. The van der Waals surface area contributed by atoms with Crippen molar-refractivity contribution in [1.82, 2.24) is 14.8 Å². The van der Waals surface area contributed by atoms with Gasteiger partial charge < -0.3 is 14.6 Å². The van der Waals surface area contributed by atoms with Gasteiger partial charge in [0.25, 0.3) is 5.91 Å². The third kappa shape index (κ3) is 5.60. The Morgan fingerprint density at radius 3 is 2.59 bits per heavy atom. The lowest BCUT2D eigenvalue weighted by Gasteiger charge is -2.18. The number of para-hydroxylation sites is 1. The van der Waals surface area contributed by atoms with Crippen LogP contribution in [0.25, 0.3) is 0 Å². The SMILES string of the molecule is CN(CC(=O)c1c[nH]c(C(=O)N2CCCC2)c1)Cc1ccccc1OC(F)(F)F. The van der Waals surface area contributed by atoms with Gasteiger partial charge in [0.15, 0.2) is 5.78 Å². The normalized spacial score (nSPS) is 14.4. The molecule has 6 nitrogen and oxygen atoms in total. The molecule has 0 unspecified atom stereocenters. The largest absolute Gasteiger partial charge is 0.573 e. The Kier molecular flexibility index (Phi) is 6.26. The van der Waals surface area contributed by atoms with E-state index in [1.54, 1.807) is 22.9 Å². The van der Waals surface area contributed by atoms with Crippen molar-refractivity contribution in [3.8, 4) is 5.75 Å². The summed E-state index contributed by atoms with van der Waals surface area (Å²) in [6.45, 7) is 1.50. The lowest BCUT2D eigenvalue weighted by atomic mass is 10.1. The van der Waals surface area contributed by atoms with Crippen LogP contribution in [0.15, 0.2) is 36.5 Å². The van der Waals surface area contributed by atoms with Gasteiger partial charge in [-0.3, -0.25) is 14.5 Å². The Morgan fingerprint density at radius 1 is 1.21 bits per heavy atom. The molecule has 1 aromatic carbocycles. The second kappa shape index (κ2) is 8.69. The summed E-state index contributed by atoms with van der Waals surface area (Å²) in [6.07, 6.45) is -1.35. The lowest BCUT2D eigenvalue weighted by molar-refractivity contribution is -0.275. The van der Waals surface area contributed by atoms with Gasteiger partial charge in [0.2, 0.25) is 0 Å². The van der Waals surface area contributed by atoms with Crippen LogP contribution < -0.4 is 4.74 Å². The van der Waals surface area contributed by atoms with Gasteiger partial charge in [0, 0.05) is 37.0 Å². The molecule has 1 N–H and O–H groups in total. The van der Waals surface area contributed by atoms with Crippen LogP contribution in [0.2, 0.25) is 0 Å². The smallest absolute Gasteiger partial charge is 0.405 e. The fourth-order valence-corrected chi connectivity index (χ4v) is 3.31. The molecule has 0 aliphatic carbocycles. The number of aromatic amines is 1. The van der Waals surface area contributed by atoms with Crippen LogP contribution in [0, 0.1) is 0 Å². The molecule has 2 aromatic rings. The van der Waals surface area contributed by atoms with E-state index in [0.717, 1.165) is 12.8 Å². The van der Waals surface area contributed by atoms with Crippen molar-refractivity contribution < 1.29 is 27.5 Å². The van der Waals surface area contributed by atoms with E-state index in [1.807, 2.05) is 0 Å². The van der Waals surface area contributed by atoms with Crippen LogP contribution in [-0.4, -0.2) is 59.5 Å². The van der Waals surface area contributed by atoms with Crippen molar-refractivity contribution in [3.05, 3.63) is 53.3 Å². The molecule has 0 atom stereocenters. The highest BCUT2D eigenvalue weighted by Crippen LogP contribution is 2.27. The number of aromatic nitrogens is 1. The molecule has 29 heavy (non-hydrogen) atoms. The monoisotopic (exact) mass is 409 g/mol. The number of Topliss-reactive ketones (excluding diaryl/α,β-unsaturated/α-hetero) is 1. The molecule has 156 valence electrons. The Labute approximate surface area is 166 Å². The van der Waals surface area contributed by atoms with E-state index in [0.29, 0.717) is 29.9 Å². The molecule has 3 rings (SSSR count). The van der Waals surface area contributed by atoms with E-state index in [2.05, 4.69) is 9.72 Å². The standard InChI is InChI=1S/C20H22F3N3O3/c1-25(12-14-6-2-3-7-18(14)29-20(21,22)23)13-17(27)15-10-16(24-11-15)19(28)26-8-4-5-9-26/h2-3,6-7,10-11,24H,4-5,8-9,12-13H2,1H3. The van der Waals surface area contributed by atoms with Crippen LogP contribution in [-0.2, 0) is 6.54 Å². The third-order valence-electron chi connectivity index (χ3n) is 4.68. The maximum Gasteiger partial charge on any atom is 0.573 e. The maximum atomic E-state index is 12.5. The minimum absolute atomic E-state index is 0.0183. The summed E-state index contributed by atoms with van der Waals surface area (Å²) >= 11 is 0. The number of rotatable bonds is 7. The average molecular weight is 409 g/mol. The van der Waals surface area contributed by atoms with Crippen molar-refractivity contribution in [2.24, 2.45) is 0 Å². The van der Waals surface area contributed by atoms with Crippen molar-refractivity contribution in [2.75, 3.05) is 26.7 Å². The minimum Gasteiger partial charge on any atom is -0.405 e. The number of likely N-dealkylation sites (tertiary alicyclic amines) is 1. The molecule has 1 fully saturated rings. The molecular formula is C20H22F3N3O3. The van der Waals surface area contributed by atoms with Gasteiger partial charge in [0.1, 0.15) is 11.4 Å². The summed E-state index contributed by atoms with van der Waals surface area (Å²) < 4.78 is 41.7. The number of nitrogens with zero attached hydrogens (tertiary/aromatic N) is 2. The molecule has 1 saturated heterocycles. The highest BCUT2D eigenvalue weighted by molar-refractivity contribution is 6.01. The Morgan fingerprint density at radius 2 is 1.90 bits per heavy atom. The fourth-order valence-electron chi connectivity index (χ4n) is 3.31. The lowest BCUT2D eigenvalue weighted by Crippen LogP contribution is -2.28. The van der Waals surface area contributed by atoms with Crippen LogP contribution in [0.1, 0.15) is 39.3 Å². The van der Waals surface area contributed by atoms with Crippen LogP contribution in [0.4, 0.5) is 13.2 Å². The quantitative estimate of drug-likeness (QED) is 0.712. The fraction of sp³-hybridized carbons (Fsp3) is 0.400. The minimum atomic E-state index is -4.78. The Bertz CT molecular complexity index is 873. The molecule has 0 radical (unpaired) electrons. The number of ether oxygens (including phenoxy) is 1. The number of nitrogens with one attached hydrogen (secondary N) is 1. The first-order valence-electron chi connectivity index (χ1n) is 9.26. The topological polar surface area (TPSA) is 65.6 Å². The molecule has 1 aromatic heterocycles. The van der Waals surface area contributed by atoms with Crippen molar-refractivity contribution in [1.29, 1.82) is 0 Å². The number of likely N-dealkylation sites (N-methyl/N-ethyl adjacent to an activating group) is 1. The van der Waals surface area contributed by atoms with Crippen molar-refractivity contribution in [3.63, 3.8) is 0 Å². The number of carbonyl (C=O) groups excluding carboxylic acids is 2. The number of halogens is 3. The van der Waals surface area contributed by atoms with Crippen LogP contribution in [0.5, 0.6) is 5.75 Å². The summed E-state index contributed by atoms with van der Waals surface area (Å²) in [5, 5.41) is 0. The van der Waals surface area contributed by atoms with E-state index in [4.69, 9.17) is 0 Å². The van der Waals surface area contributed by atoms with Gasteiger partial charge >= 0.3 is 6.36 Å². The second-order valence-corrected chi connectivity index (χ2v) is 7.05. The van der Waals surface area contributed by atoms with Crippen molar-refractivity contribution >= 4 is 11.7 Å². The second-order valence-electron chi connectivity index (χ2n) is 7.05. The number of benzene rings is 1. The van der Waals surface area contributed by atoms with Crippen LogP contribution in [0.3, 0.4) is 0 Å². The summed E-state index contributed by atoms with van der Waals surface area (Å²) in [5.74, 6) is -0.661. The Balaban J connectivity index is 1.61. The number of amides is 1. The average Bonchev–Trinajstić information content (AvgIpc) is 3.34. The Hall–Kier alpha value is -2.81. The van der Waals surface area contributed by atoms with Gasteiger partial charge in [-0.15, -0.1) is 13.2 Å². The third-order valence-corrected chi connectivity index (χ3v) is 4.68. The maximum absolute atomic E-state index is 12.5. The number of carbonyl (C=O) groups is 2. The number of hydrogen-bond donors (Lipinski definition) is 1. The summed E-state index contributed by atoms with van der Waals surface area (Å²) in [5.41, 5.74) is 1.04. The number of hydrogen-bond acceptors (Lipinski definition) is 4. The summed E-state index contributed by atoms with van der Waals surface area (Å²) in [6, 6.07) is 7.34. The van der Waals surface area contributed by atoms with Gasteiger partial charge in [0.05, 0.1) is 6.54 Å². The molecular weight excluding hydrogens is 387 g/mol. The number of H-pyrrole nitrogens is 1. The van der Waals surface area contributed by atoms with Crippen molar-refractivity contribution in [2.45, 2.75) is 25.7 Å². The van der Waals surface area contributed by atoms with E-state index < -0.39 is 6.36 Å². The predicted molar refractivity (Wildman–Crippen MR) is 99.7 cm³/mol. The number of ketones is 1. The van der Waals surface area contributed by atoms with Gasteiger partial charge in [-0.05, 0) is 32.0 Å². The van der Waals surface area contributed by atoms with E-state index in [1.165, 1.54) is 30.5 Å². The first-order chi connectivity index (χ1) is 13.7. The molecule has 0 spiro atoms. The molecule has 1 aliphatic heterocycles. The molecule has 1 aliphatic rings. The zero-order valence-electron chi connectivity index (χ0n) is 16.0. The summed E-state index contributed by atoms with van der Waals surface area (Å²) in [7, 11) is 1.63. The molecule has 1 amide bonds. The van der Waals surface area contributed by atoms with Crippen LogP contribution >= 0.6 is 0 Å². The highest BCUT2D eigenvalue weighted by Gasteiger charge is 2.32. The summed E-state index contributed by atoms with van der Waals surface area (Å²) in [4.78, 5) is 31.1. The van der Waals surface area contributed by atoms with Gasteiger partial charge in [-0.2, -0.15) is 0 Å². The number of alkyl halides is 3.